The topological polar surface area (TPSA) is 178 Å². The first kappa shape index (κ1) is 27.7. The average molecular weight is 494 g/mol. The Kier molecular flexibility index (Phi) is 11.6. The zero-order valence-corrected chi connectivity index (χ0v) is 19.5. The fourth-order valence-corrected chi connectivity index (χ4v) is 3.33. The van der Waals surface area contributed by atoms with E-state index in [9.17, 15) is 18.4 Å². The molecule has 0 fully saturated rings. The third-order valence-corrected chi connectivity index (χ3v) is 5.06. The van der Waals surface area contributed by atoms with Crippen LogP contribution < -0.4 is 38.8 Å². The van der Waals surface area contributed by atoms with Crippen LogP contribution in [0.1, 0.15) is 32.1 Å². The zero-order chi connectivity index (χ0) is 25.6. The molecule has 0 saturated heterocycles. The fourth-order valence-electron chi connectivity index (χ4n) is 3.33. The lowest BCUT2D eigenvalue weighted by Crippen LogP contribution is -2.32. The van der Waals surface area contributed by atoms with Crippen LogP contribution in [0.2, 0.25) is 0 Å². The number of carbonyl (C=O) groups is 1. The Morgan fingerprint density at radius 2 is 1.86 bits per heavy atom. The van der Waals surface area contributed by atoms with Gasteiger partial charge in [0.25, 0.3) is 0 Å². The number of nitrogens with zero attached hydrogens (tertiary/aromatic N) is 3. The van der Waals surface area contributed by atoms with E-state index in [2.05, 4.69) is 25.9 Å². The lowest BCUT2D eigenvalue weighted by atomic mass is 10.1. The maximum absolute atomic E-state index is 13.3. The molecule has 11 nitrogen and oxygen atoms in total. The summed E-state index contributed by atoms with van der Waals surface area (Å²) in [7, 11) is 0. The second-order valence-corrected chi connectivity index (χ2v) is 7.88. The standard InChI is InChI=1S/C22H33F2N9O2/c23-17-7-6-16(14-18(17)24)30-21(34)31-19-8-13-33(22(35)32-19)12-2-5-15(28-11-3-9-25)4-1-10-29-20(26)27/h6-8,13-15,28H,1-5,9-12,25H2,(H4,26,27,29)(H2,30,31,32,34,35). The van der Waals surface area contributed by atoms with E-state index >= 15 is 0 Å². The number of aliphatic imine (C=N–C) groups is 1. The monoisotopic (exact) mass is 493 g/mol. The van der Waals surface area contributed by atoms with Gasteiger partial charge in [-0.3, -0.25) is 14.9 Å². The number of benzene rings is 1. The van der Waals surface area contributed by atoms with Gasteiger partial charge in [0.2, 0.25) is 0 Å². The number of carbonyl (C=O) groups excluding carboxylic acids is 1. The summed E-state index contributed by atoms with van der Waals surface area (Å²) < 4.78 is 27.7. The van der Waals surface area contributed by atoms with Gasteiger partial charge in [-0.2, -0.15) is 4.98 Å². The Morgan fingerprint density at radius 1 is 1.09 bits per heavy atom. The average Bonchev–Trinajstić information content (AvgIpc) is 2.80. The van der Waals surface area contributed by atoms with Crippen molar-refractivity contribution in [2.75, 3.05) is 30.3 Å². The van der Waals surface area contributed by atoms with Crippen LogP contribution in [0.4, 0.5) is 25.1 Å². The van der Waals surface area contributed by atoms with Gasteiger partial charge in [0.15, 0.2) is 17.6 Å². The fraction of sp³-hybridized carbons (Fsp3) is 0.455. The van der Waals surface area contributed by atoms with Gasteiger partial charge in [0, 0.05) is 37.1 Å². The molecule has 0 bridgehead atoms. The van der Waals surface area contributed by atoms with Gasteiger partial charge in [-0.05, 0) is 63.4 Å². The molecule has 9 N–H and O–H groups in total. The maximum Gasteiger partial charge on any atom is 0.349 e. The highest BCUT2D eigenvalue weighted by atomic mass is 19.2. The molecule has 0 saturated carbocycles. The number of guanidine groups is 1. The van der Waals surface area contributed by atoms with Gasteiger partial charge in [-0.1, -0.05) is 0 Å². The number of aromatic nitrogens is 2. The summed E-state index contributed by atoms with van der Waals surface area (Å²) in [4.78, 5) is 32.2. The lowest BCUT2D eigenvalue weighted by molar-refractivity contribution is 0.262. The van der Waals surface area contributed by atoms with Crippen LogP contribution >= 0.6 is 0 Å². The van der Waals surface area contributed by atoms with Gasteiger partial charge >= 0.3 is 11.7 Å². The molecular weight excluding hydrogens is 460 g/mol. The van der Waals surface area contributed by atoms with Crippen molar-refractivity contribution in [2.45, 2.75) is 44.7 Å². The van der Waals surface area contributed by atoms with Gasteiger partial charge in [0.05, 0.1) is 0 Å². The third kappa shape index (κ3) is 10.5. The van der Waals surface area contributed by atoms with Crippen LogP contribution in [-0.4, -0.2) is 47.2 Å². The Hall–Kier alpha value is -3.58. The van der Waals surface area contributed by atoms with Crippen molar-refractivity contribution in [3.05, 3.63) is 52.6 Å². The molecule has 0 aliphatic carbocycles. The molecular formula is C22H33F2N9O2. The minimum Gasteiger partial charge on any atom is -0.370 e. The maximum atomic E-state index is 13.3. The molecule has 1 aromatic heterocycles. The number of amides is 2. The molecule has 2 amide bonds. The number of nitrogens with two attached hydrogens (primary N) is 3. The Bertz CT molecular complexity index is 1040. The third-order valence-electron chi connectivity index (χ3n) is 5.06. The van der Waals surface area contributed by atoms with Crippen molar-refractivity contribution in [1.29, 1.82) is 0 Å². The number of halogens is 2. The summed E-state index contributed by atoms with van der Waals surface area (Å²) in [6.45, 7) is 2.42. The molecule has 1 aromatic carbocycles. The molecule has 0 aliphatic heterocycles. The summed E-state index contributed by atoms with van der Waals surface area (Å²) >= 11 is 0. The van der Waals surface area contributed by atoms with Crippen molar-refractivity contribution >= 4 is 23.5 Å². The van der Waals surface area contributed by atoms with Crippen molar-refractivity contribution < 1.29 is 13.6 Å². The SMILES string of the molecule is NCCCNC(CCCN=C(N)N)CCCn1ccc(NC(=O)Nc2ccc(F)c(F)c2)nc1=O. The molecule has 35 heavy (non-hydrogen) atoms. The highest BCUT2D eigenvalue weighted by Crippen LogP contribution is 2.13. The first-order chi connectivity index (χ1) is 16.8. The summed E-state index contributed by atoms with van der Waals surface area (Å²) in [5.41, 5.74) is 15.8. The Morgan fingerprint density at radius 3 is 2.54 bits per heavy atom. The summed E-state index contributed by atoms with van der Waals surface area (Å²) in [6.07, 6.45) is 5.67. The van der Waals surface area contributed by atoms with E-state index in [1.807, 2.05) is 0 Å². The number of hydrogen-bond donors (Lipinski definition) is 6. The van der Waals surface area contributed by atoms with Gasteiger partial charge in [-0.25, -0.2) is 18.4 Å². The van der Waals surface area contributed by atoms with E-state index in [-0.39, 0.29) is 23.5 Å². The lowest BCUT2D eigenvalue weighted by Gasteiger charge is -2.18. The van der Waals surface area contributed by atoms with Gasteiger partial charge in [-0.15, -0.1) is 0 Å². The first-order valence-corrected chi connectivity index (χ1v) is 11.4. The quantitative estimate of drug-likeness (QED) is 0.130. The highest BCUT2D eigenvalue weighted by molar-refractivity contribution is 5.99. The molecule has 0 radical (unpaired) electrons. The predicted molar refractivity (Wildman–Crippen MR) is 132 cm³/mol. The second kappa shape index (κ2) is 14.6. The van der Waals surface area contributed by atoms with Crippen LogP contribution in [0.5, 0.6) is 0 Å². The Balaban J connectivity index is 1.85. The smallest absolute Gasteiger partial charge is 0.349 e. The van der Waals surface area contributed by atoms with E-state index in [1.165, 1.54) is 22.9 Å². The number of aryl methyl sites for hydroxylation is 1. The van der Waals surface area contributed by atoms with Crippen LogP contribution in [0, 0.1) is 11.6 Å². The summed E-state index contributed by atoms with van der Waals surface area (Å²) in [6, 6.07) is 3.93. The van der Waals surface area contributed by atoms with Gasteiger partial charge < -0.3 is 27.8 Å². The summed E-state index contributed by atoms with van der Waals surface area (Å²) in [5, 5.41) is 8.21. The van der Waals surface area contributed by atoms with Crippen molar-refractivity contribution in [3.8, 4) is 0 Å². The number of urea groups is 1. The van der Waals surface area contributed by atoms with Crippen LogP contribution in [0.3, 0.4) is 0 Å². The zero-order valence-electron chi connectivity index (χ0n) is 19.5. The molecule has 1 unspecified atom stereocenters. The molecule has 1 atom stereocenters. The van der Waals surface area contributed by atoms with E-state index in [0.29, 0.717) is 19.6 Å². The minimum absolute atomic E-state index is 0.0346. The number of hydrogen-bond acceptors (Lipinski definition) is 6. The minimum atomic E-state index is -1.09. The predicted octanol–water partition coefficient (Wildman–Crippen LogP) is 1.31. The molecule has 0 aliphatic rings. The van der Waals surface area contributed by atoms with E-state index in [1.54, 1.807) is 0 Å². The van der Waals surface area contributed by atoms with Crippen molar-refractivity contribution in [2.24, 2.45) is 22.2 Å². The number of anilines is 2. The second-order valence-electron chi connectivity index (χ2n) is 7.88. The van der Waals surface area contributed by atoms with E-state index in [0.717, 1.165) is 50.8 Å². The number of nitrogens with one attached hydrogen (secondary N) is 3. The normalized spacial score (nSPS) is 11.6. The Labute approximate surface area is 202 Å². The van der Waals surface area contributed by atoms with E-state index in [4.69, 9.17) is 17.2 Å². The first-order valence-electron chi connectivity index (χ1n) is 11.4. The molecule has 1 heterocycles. The van der Waals surface area contributed by atoms with Gasteiger partial charge in [0.1, 0.15) is 5.82 Å². The summed E-state index contributed by atoms with van der Waals surface area (Å²) in [5.74, 6) is -2.00. The molecule has 13 heteroatoms. The number of rotatable bonds is 14. The molecule has 192 valence electrons. The van der Waals surface area contributed by atoms with Crippen molar-refractivity contribution in [3.63, 3.8) is 0 Å². The van der Waals surface area contributed by atoms with E-state index < -0.39 is 23.4 Å². The molecule has 2 rings (SSSR count). The van der Waals surface area contributed by atoms with Crippen LogP contribution in [0.15, 0.2) is 40.2 Å². The van der Waals surface area contributed by atoms with Crippen molar-refractivity contribution in [1.82, 2.24) is 14.9 Å². The van der Waals surface area contributed by atoms with Crippen LogP contribution in [-0.2, 0) is 6.54 Å². The molecule has 0 spiro atoms. The highest BCUT2D eigenvalue weighted by Gasteiger charge is 2.10. The van der Waals surface area contributed by atoms with Crippen LogP contribution in [0.25, 0.3) is 0 Å². The molecule has 2 aromatic rings. The largest absolute Gasteiger partial charge is 0.370 e.